The maximum absolute atomic E-state index is 5.93. The van der Waals surface area contributed by atoms with Gasteiger partial charge in [0.15, 0.2) is 5.82 Å². The standard InChI is InChI=1S/C12H12BrN3OS/c13-7-3-4-9(14)8(6-7)12-15-11(16-17-12)10-2-1-5-18-10/h3-4,6,10H,1-2,5,14H2. The van der Waals surface area contributed by atoms with Crippen molar-refractivity contribution in [1.29, 1.82) is 0 Å². The van der Waals surface area contributed by atoms with E-state index in [1.165, 1.54) is 12.2 Å². The molecule has 0 radical (unpaired) electrons. The van der Waals surface area contributed by atoms with Crippen LogP contribution in [0.1, 0.15) is 23.9 Å². The first kappa shape index (κ1) is 12.0. The van der Waals surface area contributed by atoms with Gasteiger partial charge in [0.25, 0.3) is 5.89 Å². The molecule has 0 spiro atoms. The number of rotatable bonds is 2. The predicted molar refractivity (Wildman–Crippen MR) is 76.3 cm³/mol. The van der Waals surface area contributed by atoms with E-state index in [1.54, 1.807) is 0 Å². The Hall–Kier alpha value is -1.01. The number of hydrogen-bond acceptors (Lipinski definition) is 5. The van der Waals surface area contributed by atoms with Crippen molar-refractivity contribution in [3.05, 3.63) is 28.5 Å². The summed E-state index contributed by atoms with van der Waals surface area (Å²) >= 11 is 5.30. The van der Waals surface area contributed by atoms with E-state index < -0.39 is 0 Å². The first-order chi connectivity index (χ1) is 8.74. The number of benzene rings is 1. The summed E-state index contributed by atoms with van der Waals surface area (Å²) in [6, 6.07) is 5.62. The summed E-state index contributed by atoms with van der Waals surface area (Å²) in [5.74, 6) is 2.45. The maximum atomic E-state index is 5.93. The number of nitrogen functional groups attached to an aromatic ring is 1. The van der Waals surface area contributed by atoms with Gasteiger partial charge in [0.1, 0.15) is 0 Å². The van der Waals surface area contributed by atoms with Crippen molar-refractivity contribution in [3.63, 3.8) is 0 Å². The Balaban J connectivity index is 1.94. The summed E-state index contributed by atoms with van der Waals surface area (Å²) in [5.41, 5.74) is 7.36. The molecule has 1 saturated heterocycles. The molecule has 1 aliphatic heterocycles. The third-order valence-electron chi connectivity index (χ3n) is 2.91. The molecule has 1 fully saturated rings. The van der Waals surface area contributed by atoms with Gasteiger partial charge in [-0.3, -0.25) is 0 Å². The number of aromatic nitrogens is 2. The summed E-state index contributed by atoms with van der Waals surface area (Å²) in [6.45, 7) is 0. The van der Waals surface area contributed by atoms with Crippen LogP contribution in [0.15, 0.2) is 27.2 Å². The molecule has 0 amide bonds. The lowest BCUT2D eigenvalue weighted by atomic mass is 10.2. The fourth-order valence-corrected chi connectivity index (χ4v) is 3.53. The molecule has 2 heterocycles. The van der Waals surface area contributed by atoms with Crippen LogP contribution < -0.4 is 5.73 Å². The molecule has 0 aliphatic carbocycles. The summed E-state index contributed by atoms with van der Waals surface area (Å²) in [7, 11) is 0. The first-order valence-corrected chi connectivity index (χ1v) is 7.59. The highest BCUT2D eigenvalue weighted by Gasteiger charge is 2.23. The van der Waals surface area contributed by atoms with Crippen molar-refractivity contribution in [2.24, 2.45) is 0 Å². The van der Waals surface area contributed by atoms with Gasteiger partial charge in [-0.05, 0) is 36.8 Å². The highest BCUT2D eigenvalue weighted by Crippen LogP contribution is 2.39. The van der Waals surface area contributed by atoms with Crippen molar-refractivity contribution in [3.8, 4) is 11.5 Å². The summed E-state index contributed by atoms with van der Waals surface area (Å²) in [5, 5.41) is 4.44. The Bertz CT molecular complexity index is 566. The second-order valence-corrected chi connectivity index (χ2v) is 6.42. The van der Waals surface area contributed by atoms with E-state index >= 15 is 0 Å². The van der Waals surface area contributed by atoms with Gasteiger partial charge >= 0.3 is 0 Å². The number of hydrogen-bond donors (Lipinski definition) is 1. The molecule has 3 rings (SSSR count). The zero-order valence-electron chi connectivity index (χ0n) is 9.60. The first-order valence-electron chi connectivity index (χ1n) is 5.74. The Morgan fingerprint density at radius 3 is 3.11 bits per heavy atom. The Morgan fingerprint density at radius 1 is 1.44 bits per heavy atom. The molecular weight excluding hydrogens is 314 g/mol. The van der Waals surface area contributed by atoms with Crippen LogP contribution in [0.5, 0.6) is 0 Å². The van der Waals surface area contributed by atoms with Crippen LogP contribution in [0, 0.1) is 0 Å². The van der Waals surface area contributed by atoms with Gasteiger partial charge in [0.2, 0.25) is 0 Å². The molecule has 1 atom stereocenters. The molecule has 4 nitrogen and oxygen atoms in total. The van der Waals surface area contributed by atoms with E-state index in [-0.39, 0.29) is 0 Å². The average Bonchev–Trinajstić information content (AvgIpc) is 3.00. The smallest absolute Gasteiger partial charge is 0.260 e. The normalized spacial score (nSPS) is 19.3. The Labute approximate surface area is 117 Å². The predicted octanol–water partition coefficient (Wildman–Crippen LogP) is 3.65. The molecule has 1 aliphatic rings. The van der Waals surface area contributed by atoms with Crippen molar-refractivity contribution < 1.29 is 4.52 Å². The number of anilines is 1. The van der Waals surface area contributed by atoms with Crippen LogP contribution in [0.3, 0.4) is 0 Å². The van der Waals surface area contributed by atoms with E-state index in [2.05, 4.69) is 26.1 Å². The van der Waals surface area contributed by atoms with E-state index in [0.717, 1.165) is 22.3 Å². The number of nitrogens with two attached hydrogens (primary N) is 1. The van der Waals surface area contributed by atoms with Crippen LogP contribution in [0.25, 0.3) is 11.5 Å². The maximum Gasteiger partial charge on any atom is 0.260 e. The second-order valence-electron chi connectivity index (χ2n) is 4.19. The van der Waals surface area contributed by atoms with Crippen molar-refractivity contribution in [1.82, 2.24) is 10.1 Å². The minimum Gasteiger partial charge on any atom is -0.398 e. The molecule has 6 heteroatoms. The van der Waals surface area contributed by atoms with Crippen molar-refractivity contribution in [2.75, 3.05) is 11.5 Å². The lowest BCUT2D eigenvalue weighted by Gasteiger charge is -2.01. The van der Waals surface area contributed by atoms with Crippen molar-refractivity contribution >= 4 is 33.4 Å². The van der Waals surface area contributed by atoms with Crippen LogP contribution in [-0.4, -0.2) is 15.9 Å². The highest BCUT2D eigenvalue weighted by molar-refractivity contribution is 9.10. The van der Waals surface area contributed by atoms with Gasteiger partial charge in [0.05, 0.1) is 10.8 Å². The molecule has 1 aromatic heterocycles. The number of halogens is 1. The minimum absolute atomic E-state index is 0.371. The fourth-order valence-electron chi connectivity index (χ4n) is 1.97. The fraction of sp³-hybridized carbons (Fsp3) is 0.333. The third kappa shape index (κ3) is 2.27. The van der Waals surface area contributed by atoms with Gasteiger partial charge in [-0.25, -0.2) is 0 Å². The van der Waals surface area contributed by atoms with E-state index in [0.29, 0.717) is 16.8 Å². The van der Waals surface area contributed by atoms with Crippen LogP contribution in [0.4, 0.5) is 5.69 Å². The largest absolute Gasteiger partial charge is 0.398 e. The van der Waals surface area contributed by atoms with E-state index in [4.69, 9.17) is 10.3 Å². The molecule has 2 N–H and O–H groups in total. The minimum atomic E-state index is 0.371. The van der Waals surface area contributed by atoms with Crippen molar-refractivity contribution in [2.45, 2.75) is 18.1 Å². The Kier molecular flexibility index (Phi) is 3.30. The zero-order valence-corrected chi connectivity index (χ0v) is 12.0. The molecule has 0 saturated carbocycles. The van der Waals surface area contributed by atoms with Crippen LogP contribution >= 0.6 is 27.7 Å². The number of thioether (sulfide) groups is 1. The lowest BCUT2D eigenvalue weighted by Crippen LogP contribution is -1.93. The molecule has 0 bridgehead atoms. The average molecular weight is 326 g/mol. The quantitative estimate of drug-likeness (QED) is 0.854. The topological polar surface area (TPSA) is 64.9 Å². The van der Waals surface area contributed by atoms with Gasteiger partial charge in [0, 0.05) is 10.2 Å². The summed E-state index contributed by atoms with van der Waals surface area (Å²) in [4.78, 5) is 4.46. The van der Waals surface area contributed by atoms with Gasteiger partial charge in [-0.15, -0.1) is 0 Å². The summed E-state index contributed by atoms with van der Waals surface area (Å²) in [6.07, 6.45) is 2.34. The molecular formula is C12H12BrN3OS. The zero-order chi connectivity index (χ0) is 12.5. The van der Waals surface area contributed by atoms with Gasteiger partial charge in [-0.1, -0.05) is 21.1 Å². The lowest BCUT2D eigenvalue weighted by molar-refractivity contribution is 0.421. The monoisotopic (exact) mass is 325 g/mol. The van der Waals surface area contributed by atoms with Crippen LogP contribution in [0.2, 0.25) is 0 Å². The van der Waals surface area contributed by atoms with Gasteiger partial charge in [-0.2, -0.15) is 16.7 Å². The highest BCUT2D eigenvalue weighted by atomic mass is 79.9. The van der Waals surface area contributed by atoms with E-state index in [9.17, 15) is 0 Å². The molecule has 1 aromatic carbocycles. The second kappa shape index (κ2) is 4.93. The molecule has 18 heavy (non-hydrogen) atoms. The SMILES string of the molecule is Nc1ccc(Br)cc1-c1nc(C2CCCS2)no1. The van der Waals surface area contributed by atoms with Crippen LogP contribution in [-0.2, 0) is 0 Å². The van der Waals surface area contributed by atoms with Gasteiger partial charge < -0.3 is 10.3 Å². The molecule has 1 unspecified atom stereocenters. The third-order valence-corrected chi connectivity index (χ3v) is 4.77. The summed E-state index contributed by atoms with van der Waals surface area (Å²) < 4.78 is 6.27. The number of nitrogens with zero attached hydrogens (tertiary/aromatic N) is 2. The molecule has 94 valence electrons. The van der Waals surface area contributed by atoms with E-state index in [1.807, 2.05) is 30.0 Å². The Morgan fingerprint density at radius 2 is 2.33 bits per heavy atom. The molecule has 2 aromatic rings.